The number of aryl methyl sites for hydroxylation is 1. The maximum Gasteiger partial charge on any atom is 0.243 e. The lowest BCUT2D eigenvalue weighted by molar-refractivity contribution is -0.119. The van der Waals surface area contributed by atoms with Crippen molar-refractivity contribution in [3.8, 4) is 17.0 Å². The first kappa shape index (κ1) is 20.6. The summed E-state index contributed by atoms with van der Waals surface area (Å²) in [5, 5.41) is 5.30. The van der Waals surface area contributed by atoms with E-state index in [4.69, 9.17) is 15.2 Å². The second-order valence-corrected chi connectivity index (χ2v) is 7.06. The van der Waals surface area contributed by atoms with Crippen molar-refractivity contribution in [1.29, 1.82) is 0 Å². The fraction of sp³-hybridized carbons (Fsp3) is 0.444. The first-order chi connectivity index (χ1) is 12.1. The summed E-state index contributed by atoms with van der Waals surface area (Å²) in [6, 6.07) is 5.39. The van der Waals surface area contributed by atoms with Gasteiger partial charge in [0.05, 0.1) is 18.8 Å². The number of benzene rings is 1. The molecule has 1 fully saturated rings. The Morgan fingerprint density at radius 2 is 2.15 bits per heavy atom. The Balaban J connectivity index is 0.00000243. The highest BCUT2D eigenvalue weighted by Gasteiger charge is 2.27. The second kappa shape index (κ2) is 9.32. The summed E-state index contributed by atoms with van der Waals surface area (Å²) in [6.07, 6.45) is 1.64. The number of nitrogens with two attached hydrogens (primary N) is 1. The van der Waals surface area contributed by atoms with Gasteiger partial charge < -0.3 is 20.5 Å². The standard InChI is InChI=1S/C18H23N3O3S.ClH/c1-11-3-4-15(23-2)13(9-11)14-10-25-18(20-14)21-17(22)16(19)12-5-7-24-8-6-12;/h3-4,9-10,12,16H,5-8,19H2,1-2H3,(H,20,21,22);1H. The summed E-state index contributed by atoms with van der Waals surface area (Å²) in [7, 11) is 1.64. The molecule has 142 valence electrons. The second-order valence-electron chi connectivity index (χ2n) is 6.21. The fourth-order valence-electron chi connectivity index (χ4n) is 2.95. The molecule has 0 spiro atoms. The van der Waals surface area contributed by atoms with Gasteiger partial charge in [0, 0.05) is 24.2 Å². The molecule has 6 nitrogen and oxygen atoms in total. The molecular formula is C18H24ClN3O3S. The first-order valence-corrected chi connectivity index (χ1v) is 9.21. The lowest BCUT2D eigenvalue weighted by Crippen LogP contribution is -2.43. The molecule has 1 aromatic carbocycles. The van der Waals surface area contributed by atoms with E-state index in [1.165, 1.54) is 11.3 Å². The number of methoxy groups -OCH3 is 1. The Morgan fingerprint density at radius 1 is 1.42 bits per heavy atom. The predicted octanol–water partition coefficient (Wildman–Crippen LogP) is 3.24. The van der Waals surface area contributed by atoms with Crippen LogP contribution in [0.15, 0.2) is 23.6 Å². The van der Waals surface area contributed by atoms with Gasteiger partial charge in [-0.1, -0.05) is 11.6 Å². The zero-order valence-electron chi connectivity index (χ0n) is 14.9. The topological polar surface area (TPSA) is 86.5 Å². The largest absolute Gasteiger partial charge is 0.496 e. The van der Waals surface area contributed by atoms with E-state index in [2.05, 4.69) is 10.3 Å². The monoisotopic (exact) mass is 397 g/mol. The molecule has 1 amide bonds. The van der Waals surface area contributed by atoms with E-state index < -0.39 is 6.04 Å². The molecule has 3 N–H and O–H groups in total. The Kier molecular flexibility index (Phi) is 7.40. The number of amides is 1. The third kappa shape index (κ3) is 4.73. The van der Waals surface area contributed by atoms with Crippen molar-refractivity contribution in [1.82, 2.24) is 4.98 Å². The van der Waals surface area contributed by atoms with Crippen molar-refractivity contribution in [2.24, 2.45) is 11.7 Å². The van der Waals surface area contributed by atoms with Crippen LogP contribution < -0.4 is 15.8 Å². The van der Waals surface area contributed by atoms with E-state index in [1.807, 2.05) is 30.5 Å². The molecule has 0 aliphatic carbocycles. The van der Waals surface area contributed by atoms with Gasteiger partial charge in [-0.15, -0.1) is 23.7 Å². The quantitative estimate of drug-likeness (QED) is 0.808. The van der Waals surface area contributed by atoms with Gasteiger partial charge in [0.15, 0.2) is 5.13 Å². The Labute approximate surface area is 163 Å². The van der Waals surface area contributed by atoms with Crippen molar-refractivity contribution in [3.63, 3.8) is 0 Å². The number of anilines is 1. The Morgan fingerprint density at radius 3 is 2.85 bits per heavy atom. The van der Waals surface area contributed by atoms with Gasteiger partial charge in [-0.05, 0) is 37.8 Å². The van der Waals surface area contributed by atoms with E-state index in [-0.39, 0.29) is 24.2 Å². The van der Waals surface area contributed by atoms with Crippen molar-refractivity contribution in [2.45, 2.75) is 25.8 Å². The molecule has 1 unspecified atom stereocenters. The molecule has 2 heterocycles. The van der Waals surface area contributed by atoms with E-state index in [9.17, 15) is 4.79 Å². The van der Waals surface area contributed by atoms with Crippen molar-refractivity contribution in [3.05, 3.63) is 29.1 Å². The minimum Gasteiger partial charge on any atom is -0.496 e. The van der Waals surface area contributed by atoms with Gasteiger partial charge in [-0.25, -0.2) is 4.98 Å². The van der Waals surface area contributed by atoms with Crippen LogP contribution in [0.1, 0.15) is 18.4 Å². The highest BCUT2D eigenvalue weighted by Crippen LogP contribution is 2.33. The van der Waals surface area contributed by atoms with Crippen LogP contribution in [-0.2, 0) is 9.53 Å². The van der Waals surface area contributed by atoms with E-state index in [0.717, 1.165) is 35.4 Å². The normalized spacial score (nSPS) is 15.8. The summed E-state index contributed by atoms with van der Waals surface area (Å²) < 4.78 is 10.7. The van der Waals surface area contributed by atoms with Gasteiger partial charge in [0.2, 0.25) is 5.91 Å². The number of nitrogens with one attached hydrogen (secondary N) is 1. The number of rotatable bonds is 5. The van der Waals surface area contributed by atoms with Crippen LogP contribution in [0, 0.1) is 12.8 Å². The number of hydrogen-bond donors (Lipinski definition) is 2. The van der Waals surface area contributed by atoms with Gasteiger partial charge in [0.1, 0.15) is 5.75 Å². The lowest BCUT2D eigenvalue weighted by atomic mass is 9.92. The van der Waals surface area contributed by atoms with Crippen LogP contribution in [0.3, 0.4) is 0 Å². The highest BCUT2D eigenvalue weighted by atomic mass is 35.5. The van der Waals surface area contributed by atoms with Crippen LogP contribution in [0.2, 0.25) is 0 Å². The molecular weight excluding hydrogens is 374 g/mol. The fourth-order valence-corrected chi connectivity index (χ4v) is 3.67. The van der Waals surface area contributed by atoms with Gasteiger partial charge in [-0.2, -0.15) is 0 Å². The van der Waals surface area contributed by atoms with Crippen LogP contribution in [0.5, 0.6) is 5.75 Å². The van der Waals surface area contributed by atoms with E-state index in [1.54, 1.807) is 7.11 Å². The van der Waals surface area contributed by atoms with Gasteiger partial charge in [0.25, 0.3) is 0 Å². The lowest BCUT2D eigenvalue weighted by Gasteiger charge is -2.26. The molecule has 1 saturated heterocycles. The molecule has 1 aliphatic rings. The number of halogens is 1. The Bertz CT molecular complexity index is 747. The van der Waals surface area contributed by atoms with Crippen LogP contribution in [0.4, 0.5) is 5.13 Å². The van der Waals surface area contributed by atoms with Gasteiger partial charge in [-0.3, -0.25) is 4.79 Å². The summed E-state index contributed by atoms with van der Waals surface area (Å²) >= 11 is 1.38. The first-order valence-electron chi connectivity index (χ1n) is 8.33. The SMILES string of the molecule is COc1ccc(C)cc1-c1csc(NC(=O)C(N)C2CCOCC2)n1.Cl. The van der Waals surface area contributed by atoms with E-state index in [0.29, 0.717) is 18.3 Å². The molecule has 0 bridgehead atoms. The number of carbonyl (C=O) groups excluding carboxylic acids is 1. The number of hydrogen-bond acceptors (Lipinski definition) is 6. The summed E-state index contributed by atoms with van der Waals surface area (Å²) in [5.41, 5.74) is 8.92. The molecule has 2 aromatic rings. The zero-order valence-corrected chi connectivity index (χ0v) is 16.5. The average molecular weight is 398 g/mol. The maximum absolute atomic E-state index is 12.4. The van der Waals surface area contributed by atoms with Crippen LogP contribution in [0.25, 0.3) is 11.3 Å². The number of nitrogens with zero attached hydrogens (tertiary/aromatic N) is 1. The summed E-state index contributed by atoms with van der Waals surface area (Å²) in [5.74, 6) is 0.724. The van der Waals surface area contributed by atoms with Gasteiger partial charge >= 0.3 is 0 Å². The van der Waals surface area contributed by atoms with Crippen molar-refractivity contribution in [2.75, 3.05) is 25.6 Å². The average Bonchev–Trinajstić information content (AvgIpc) is 3.10. The molecule has 1 aliphatic heterocycles. The molecule has 8 heteroatoms. The predicted molar refractivity (Wildman–Crippen MR) is 106 cm³/mol. The molecule has 0 saturated carbocycles. The molecule has 1 aromatic heterocycles. The third-order valence-electron chi connectivity index (χ3n) is 4.44. The minimum atomic E-state index is -0.537. The molecule has 3 rings (SSSR count). The smallest absolute Gasteiger partial charge is 0.243 e. The van der Waals surface area contributed by atoms with Crippen LogP contribution >= 0.6 is 23.7 Å². The zero-order chi connectivity index (χ0) is 17.8. The number of ether oxygens (including phenoxy) is 2. The molecule has 0 radical (unpaired) electrons. The van der Waals surface area contributed by atoms with Crippen molar-refractivity contribution >= 4 is 34.8 Å². The highest BCUT2D eigenvalue weighted by molar-refractivity contribution is 7.14. The Hall–Kier alpha value is -1.67. The minimum absolute atomic E-state index is 0. The third-order valence-corrected chi connectivity index (χ3v) is 5.20. The van der Waals surface area contributed by atoms with E-state index >= 15 is 0 Å². The van der Waals surface area contributed by atoms with Crippen LogP contribution in [-0.4, -0.2) is 37.3 Å². The number of thiazole rings is 1. The number of carbonyl (C=O) groups is 1. The maximum atomic E-state index is 12.4. The molecule has 26 heavy (non-hydrogen) atoms. The summed E-state index contributed by atoms with van der Waals surface area (Å²) in [6.45, 7) is 3.35. The number of aromatic nitrogens is 1. The summed E-state index contributed by atoms with van der Waals surface area (Å²) in [4.78, 5) is 16.9. The van der Waals surface area contributed by atoms with Crippen molar-refractivity contribution < 1.29 is 14.3 Å². The molecule has 1 atom stereocenters.